The average Bonchev–Trinajstić information content (AvgIpc) is 3.30. The molecule has 1 saturated heterocycles. The van der Waals surface area contributed by atoms with Gasteiger partial charge in [-0.25, -0.2) is 4.68 Å². The van der Waals surface area contributed by atoms with Crippen molar-refractivity contribution in [2.24, 2.45) is 0 Å². The largest absolute Gasteiger partial charge is 0.485 e. The molecule has 0 bridgehead atoms. The summed E-state index contributed by atoms with van der Waals surface area (Å²) in [5.41, 5.74) is 2.12. The molecule has 5 nitrogen and oxygen atoms in total. The maximum absolute atomic E-state index is 6.07. The number of para-hydroxylation sites is 2. The number of benzene rings is 2. The van der Waals surface area contributed by atoms with Gasteiger partial charge in [0.15, 0.2) is 5.82 Å². The van der Waals surface area contributed by atoms with Crippen LogP contribution in [0.2, 0.25) is 0 Å². The van der Waals surface area contributed by atoms with Crippen molar-refractivity contribution in [3.63, 3.8) is 0 Å². The van der Waals surface area contributed by atoms with Crippen LogP contribution in [0.15, 0.2) is 54.6 Å². The first kappa shape index (κ1) is 17.9. The number of likely N-dealkylation sites (tertiary alicyclic amines) is 1. The second-order valence-electron chi connectivity index (χ2n) is 6.89. The molecule has 0 saturated carbocycles. The summed E-state index contributed by atoms with van der Waals surface area (Å²) in [7, 11) is 0. The lowest BCUT2D eigenvalue weighted by atomic mass is 10.2. The third-order valence-corrected chi connectivity index (χ3v) is 5.30. The lowest BCUT2D eigenvalue weighted by molar-refractivity contribution is 0.249. The van der Waals surface area contributed by atoms with Crippen molar-refractivity contribution in [3.05, 3.63) is 70.8 Å². The molecule has 3 aromatic rings. The Labute approximate surface area is 164 Å². The number of hydrogen-bond donors (Lipinski definition) is 0. The highest BCUT2D eigenvalue weighted by Crippen LogP contribution is 2.20. The van der Waals surface area contributed by atoms with Gasteiger partial charge in [-0.1, -0.05) is 36.4 Å². The molecule has 1 fully saturated rings. The van der Waals surface area contributed by atoms with Gasteiger partial charge >= 0.3 is 0 Å². The standard InChI is InChI=1S/C21H24N4OS/c1-17-9-5-6-12-19(17)26-15-20-22-24(16-23-13-7-8-14-23)21(27)25(20)18-10-3-2-4-11-18/h2-6,9-12H,7-8,13-16H2,1H3. The third-order valence-electron chi connectivity index (χ3n) is 4.90. The first-order valence-electron chi connectivity index (χ1n) is 9.37. The fourth-order valence-corrected chi connectivity index (χ4v) is 3.76. The summed E-state index contributed by atoms with van der Waals surface area (Å²) in [6, 6.07) is 18.2. The van der Waals surface area contributed by atoms with Gasteiger partial charge in [0.25, 0.3) is 0 Å². The van der Waals surface area contributed by atoms with Gasteiger partial charge in [-0.2, -0.15) is 5.10 Å². The minimum absolute atomic E-state index is 0.371. The fraction of sp³-hybridized carbons (Fsp3) is 0.333. The number of hydrogen-bond acceptors (Lipinski definition) is 4. The first-order chi connectivity index (χ1) is 13.2. The van der Waals surface area contributed by atoms with Crippen LogP contribution in [0.1, 0.15) is 24.2 Å². The molecule has 140 valence electrons. The van der Waals surface area contributed by atoms with Crippen LogP contribution in [0.4, 0.5) is 0 Å². The van der Waals surface area contributed by atoms with Gasteiger partial charge < -0.3 is 4.74 Å². The smallest absolute Gasteiger partial charge is 0.203 e. The Bertz CT molecular complexity index is 958. The fourth-order valence-electron chi connectivity index (χ4n) is 3.45. The van der Waals surface area contributed by atoms with Gasteiger partial charge in [-0.15, -0.1) is 0 Å². The second-order valence-corrected chi connectivity index (χ2v) is 7.26. The van der Waals surface area contributed by atoms with Gasteiger partial charge in [-0.05, 0) is 68.8 Å². The lowest BCUT2D eigenvalue weighted by Crippen LogP contribution is -2.23. The number of rotatable bonds is 6. The summed E-state index contributed by atoms with van der Waals surface area (Å²) >= 11 is 5.77. The van der Waals surface area contributed by atoms with E-state index in [0.717, 1.165) is 42.6 Å². The van der Waals surface area contributed by atoms with Crippen LogP contribution in [0.25, 0.3) is 5.69 Å². The zero-order chi connectivity index (χ0) is 18.6. The highest BCUT2D eigenvalue weighted by molar-refractivity contribution is 7.71. The molecule has 0 atom stereocenters. The van der Waals surface area contributed by atoms with E-state index >= 15 is 0 Å². The quantitative estimate of drug-likeness (QED) is 0.596. The Morgan fingerprint density at radius 2 is 1.70 bits per heavy atom. The second kappa shape index (κ2) is 8.06. The molecule has 6 heteroatoms. The highest BCUT2D eigenvalue weighted by Gasteiger charge is 2.17. The molecule has 0 amide bonds. The minimum Gasteiger partial charge on any atom is -0.485 e. The molecule has 0 N–H and O–H groups in total. The average molecular weight is 381 g/mol. The van der Waals surface area contributed by atoms with Gasteiger partial charge in [-0.3, -0.25) is 9.47 Å². The monoisotopic (exact) mass is 380 g/mol. The van der Waals surface area contributed by atoms with Crippen molar-refractivity contribution in [2.75, 3.05) is 13.1 Å². The lowest BCUT2D eigenvalue weighted by Gasteiger charge is -2.13. The van der Waals surface area contributed by atoms with Crippen molar-refractivity contribution in [2.45, 2.75) is 33.0 Å². The van der Waals surface area contributed by atoms with Gasteiger partial charge in [0.1, 0.15) is 12.4 Å². The molecular weight excluding hydrogens is 356 g/mol. The van der Waals surface area contributed by atoms with Crippen LogP contribution in [0.3, 0.4) is 0 Å². The molecule has 0 unspecified atom stereocenters. The Morgan fingerprint density at radius 1 is 1.00 bits per heavy atom. The Kier molecular flexibility index (Phi) is 5.36. The molecule has 0 aliphatic carbocycles. The zero-order valence-corrected chi connectivity index (χ0v) is 16.4. The summed E-state index contributed by atoms with van der Waals surface area (Å²) in [4.78, 5) is 2.39. The SMILES string of the molecule is Cc1ccccc1OCc1nn(CN2CCCC2)c(=S)n1-c1ccccc1. The zero-order valence-electron chi connectivity index (χ0n) is 15.5. The molecule has 2 heterocycles. The normalized spacial score (nSPS) is 14.6. The molecule has 1 aliphatic rings. The van der Waals surface area contributed by atoms with E-state index in [-0.39, 0.29) is 0 Å². The summed E-state index contributed by atoms with van der Waals surface area (Å²) < 4.78 is 10.7. The molecule has 4 rings (SSSR count). The molecule has 27 heavy (non-hydrogen) atoms. The third kappa shape index (κ3) is 3.96. The summed E-state index contributed by atoms with van der Waals surface area (Å²) in [5.74, 6) is 1.69. The first-order valence-corrected chi connectivity index (χ1v) is 9.78. The number of aryl methyl sites for hydroxylation is 1. The maximum atomic E-state index is 6.07. The van der Waals surface area contributed by atoms with Crippen molar-refractivity contribution in [3.8, 4) is 11.4 Å². The van der Waals surface area contributed by atoms with Gasteiger partial charge in [0.05, 0.1) is 6.67 Å². The van der Waals surface area contributed by atoms with Crippen molar-refractivity contribution < 1.29 is 4.74 Å². The summed E-state index contributed by atoms with van der Waals surface area (Å²) in [5, 5.41) is 4.80. The molecule has 0 radical (unpaired) electrons. The van der Waals surface area contributed by atoms with Crippen LogP contribution in [-0.4, -0.2) is 32.3 Å². The van der Waals surface area contributed by atoms with Crippen molar-refractivity contribution >= 4 is 12.2 Å². The van der Waals surface area contributed by atoms with E-state index in [1.807, 2.05) is 58.6 Å². The minimum atomic E-state index is 0.371. The van der Waals surface area contributed by atoms with Crippen molar-refractivity contribution in [1.82, 2.24) is 19.2 Å². The predicted octanol–water partition coefficient (Wildman–Crippen LogP) is 4.34. The summed E-state index contributed by atoms with van der Waals surface area (Å²) in [6.45, 7) is 5.36. The molecular formula is C21H24N4OS. The van der Waals surface area contributed by atoms with E-state index in [4.69, 9.17) is 22.1 Å². The van der Waals surface area contributed by atoms with Gasteiger partial charge in [0.2, 0.25) is 4.77 Å². The van der Waals surface area contributed by atoms with E-state index in [1.54, 1.807) is 0 Å². The van der Waals surface area contributed by atoms with Crippen LogP contribution >= 0.6 is 12.2 Å². The number of ether oxygens (including phenoxy) is 1. The Balaban J connectivity index is 1.66. The topological polar surface area (TPSA) is 35.2 Å². The van der Waals surface area contributed by atoms with E-state index in [9.17, 15) is 0 Å². The number of nitrogens with zero attached hydrogens (tertiary/aromatic N) is 4. The van der Waals surface area contributed by atoms with E-state index in [2.05, 4.69) is 17.0 Å². The Morgan fingerprint density at radius 3 is 2.44 bits per heavy atom. The van der Waals surface area contributed by atoms with E-state index < -0.39 is 0 Å². The van der Waals surface area contributed by atoms with Crippen molar-refractivity contribution in [1.29, 1.82) is 0 Å². The Hall–Kier alpha value is -2.44. The van der Waals surface area contributed by atoms with Crippen LogP contribution in [0, 0.1) is 11.7 Å². The predicted molar refractivity (Wildman–Crippen MR) is 109 cm³/mol. The summed E-state index contributed by atoms with van der Waals surface area (Å²) in [6.07, 6.45) is 2.49. The molecule has 0 spiro atoms. The molecule has 1 aromatic heterocycles. The molecule has 1 aliphatic heterocycles. The van der Waals surface area contributed by atoms with E-state index in [0.29, 0.717) is 11.4 Å². The maximum Gasteiger partial charge on any atom is 0.203 e. The van der Waals surface area contributed by atoms with E-state index in [1.165, 1.54) is 12.8 Å². The highest BCUT2D eigenvalue weighted by atomic mass is 32.1. The van der Waals surface area contributed by atoms with Gasteiger partial charge in [0, 0.05) is 5.69 Å². The number of aromatic nitrogens is 3. The van der Waals surface area contributed by atoms with Crippen LogP contribution < -0.4 is 4.74 Å². The van der Waals surface area contributed by atoms with Crippen LogP contribution in [-0.2, 0) is 13.3 Å². The molecule has 2 aromatic carbocycles. The van der Waals surface area contributed by atoms with Crippen LogP contribution in [0.5, 0.6) is 5.75 Å².